The summed E-state index contributed by atoms with van der Waals surface area (Å²) in [4.78, 5) is 17.3. The summed E-state index contributed by atoms with van der Waals surface area (Å²) in [5, 5.41) is 13.2. The predicted molar refractivity (Wildman–Crippen MR) is 161 cm³/mol. The minimum atomic E-state index is -0.403. The van der Waals surface area contributed by atoms with Gasteiger partial charge in [0.15, 0.2) is 5.84 Å². The smallest absolute Gasteiger partial charge is 0.256 e. The topological polar surface area (TPSA) is 74.5 Å². The van der Waals surface area contributed by atoms with E-state index in [1.54, 1.807) is 36.4 Å². The standard InChI is InChI=1S/C31H27Cl3FN3O2/c1-18(24-14-10-22(33)15-28(24)34)3-13-25(20-6-8-21(32)9-7-20)26-16-27(30(39)37-2)31(38-29(26)36)40-17-19-4-11-23(35)12-5-19/h4-12,14-16,18,36H,3,13,17H2,1-2H3,(H,37,39)/b26-25+,36-29?. The Hall–Kier alpha value is -3.45. The van der Waals surface area contributed by atoms with Gasteiger partial charge in [0.2, 0.25) is 5.90 Å². The molecule has 2 N–H and O–H groups in total. The van der Waals surface area contributed by atoms with Crippen LogP contribution in [0, 0.1) is 11.2 Å². The van der Waals surface area contributed by atoms with Gasteiger partial charge in [0, 0.05) is 27.7 Å². The molecule has 0 aliphatic carbocycles. The molecule has 1 heterocycles. The molecule has 1 aliphatic rings. The van der Waals surface area contributed by atoms with Crippen LogP contribution >= 0.6 is 34.8 Å². The molecule has 0 aromatic heterocycles. The SMILES string of the molecule is CNC(=O)C1=C/C(=C(/CCC(C)c2ccc(Cl)cc2Cl)c2ccc(Cl)cc2)C(=N)N=C1OCc1ccc(F)cc1. The van der Waals surface area contributed by atoms with Crippen molar-refractivity contribution in [2.75, 3.05) is 7.05 Å². The molecule has 206 valence electrons. The lowest BCUT2D eigenvalue weighted by molar-refractivity contribution is -0.116. The summed E-state index contributed by atoms with van der Waals surface area (Å²) in [6, 6.07) is 18.6. The third kappa shape index (κ3) is 7.19. The van der Waals surface area contributed by atoms with Crippen LogP contribution in [0.1, 0.15) is 42.4 Å². The molecule has 9 heteroatoms. The van der Waals surface area contributed by atoms with E-state index in [1.165, 1.54) is 19.2 Å². The minimum Gasteiger partial charge on any atom is -0.472 e. The third-order valence-corrected chi connectivity index (χ3v) is 7.40. The number of ether oxygens (including phenoxy) is 1. The zero-order valence-electron chi connectivity index (χ0n) is 21.9. The second-order valence-corrected chi connectivity index (χ2v) is 10.6. The number of hydrogen-bond donors (Lipinski definition) is 2. The van der Waals surface area contributed by atoms with E-state index >= 15 is 0 Å². The zero-order chi connectivity index (χ0) is 28.8. The summed E-state index contributed by atoms with van der Waals surface area (Å²) in [5.41, 5.74) is 4.06. The summed E-state index contributed by atoms with van der Waals surface area (Å²) in [5.74, 6) is -0.688. The quantitative estimate of drug-likeness (QED) is 0.273. The van der Waals surface area contributed by atoms with Gasteiger partial charge in [-0.05, 0) is 83.5 Å². The second-order valence-electron chi connectivity index (χ2n) is 9.32. The van der Waals surface area contributed by atoms with E-state index in [4.69, 9.17) is 44.9 Å². The van der Waals surface area contributed by atoms with E-state index < -0.39 is 5.91 Å². The second kappa shape index (κ2) is 13.3. The Morgan fingerprint density at radius 3 is 2.35 bits per heavy atom. The van der Waals surface area contributed by atoms with Crippen molar-refractivity contribution in [1.82, 2.24) is 5.32 Å². The van der Waals surface area contributed by atoms with Gasteiger partial charge in [-0.15, -0.1) is 0 Å². The monoisotopic (exact) mass is 597 g/mol. The number of aliphatic imine (C=N–C) groups is 1. The Balaban J connectivity index is 1.69. The molecular formula is C31H27Cl3FN3O2. The molecule has 3 aromatic carbocycles. The van der Waals surface area contributed by atoms with Gasteiger partial charge in [0.05, 0.1) is 0 Å². The lowest BCUT2D eigenvalue weighted by Crippen LogP contribution is -2.29. The number of nitrogens with zero attached hydrogens (tertiary/aromatic N) is 1. The van der Waals surface area contributed by atoms with Crippen molar-refractivity contribution in [1.29, 1.82) is 5.41 Å². The molecule has 3 aromatic rings. The fraction of sp³-hybridized carbons (Fsp3) is 0.194. The van der Waals surface area contributed by atoms with Crippen molar-refractivity contribution in [2.24, 2.45) is 4.99 Å². The largest absolute Gasteiger partial charge is 0.472 e. The lowest BCUT2D eigenvalue weighted by atomic mass is 9.88. The number of likely N-dealkylation sites (N-methyl/N-ethyl adjacent to an activating group) is 1. The number of halogens is 4. The number of rotatable bonds is 8. The average Bonchev–Trinajstić information content (AvgIpc) is 2.93. The first-order valence-corrected chi connectivity index (χ1v) is 13.7. The molecule has 1 amide bonds. The van der Waals surface area contributed by atoms with Crippen molar-refractivity contribution in [3.8, 4) is 0 Å². The van der Waals surface area contributed by atoms with Crippen LogP contribution in [-0.2, 0) is 16.1 Å². The normalized spacial score (nSPS) is 15.2. The van der Waals surface area contributed by atoms with Gasteiger partial charge < -0.3 is 10.1 Å². The summed E-state index contributed by atoms with van der Waals surface area (Å²) in [7, 11) is 1.52. The van der Waals surface area contributed by atoms with Crippen molar-refractivity contribution in [3.05, 3.63) is 122 Å². The maximum Gasteiger partial charge on any atom is 0.256 e. The van der Waals surface area contributed by atoms with Gasteiger partial charge in [0.25, 0.3) is 5.91 Å². The van der Waals surface area contributed by atoms with Gasteiger partial charge in [-0.25, -0.2) is 4.39 Å². The molecule has 40 heavy (non-hydrogen) atoms. The molecule has 0 spiro atoms. The molecule has 1 unspecified atom stereocenters. The average molecular weight is 599 g/mol. The van der Waals surface area contributed by atoms with E-state index in [0.29, 0.717) is 39.0 Å². The number of benzene rings is 3. The van der Waals surface area contributed by atoms with Crippen LogP contribution in [0.25, 0.3) is 5.57 Å². The Morgan fingerprint density at radius 2 is 1.70 bits per heavy atom. The molecule has 0 fully saturated rings. The third-order valence-electron chi connectivity index (χ3n) is 6.59. The van der Waals surface area contributed by atoms with Crippen LogP contribution in [-0.4, -0.2) is 24.7 Å². The molecular weight excluding hydrogens is 572 g/mol. The Kier molecular flexibility index (Phi) is 9.80. The van der Waals surface area contributed by atoms with E-state index in [-0.39, 0.29) is 35.6 Å². The van der Waals surface area contributed by atoms with Crippen LogP contribution in [0.3, 0.4) is 0 Å². The van der Waals surface area contributed by atoms with Gasteiger partial charge in [-0.3, -0.25) is 10.2 Å². The fourth-order valence-electron chi connectivity index (χ4n) is 4.37. The molecule has 1 aliphatic heterocycles. The highest BCUT2D eigenvalue weighted by Crippen LogP contribution is 2.35. The van der Waals surface area contributed by atoms with Gasteiger partial charge >= 0.3 is 0 Å². The summed E-state index contributed by atoms with van der Waals surface area (Å²) in [6.45, 7) is 2.14. The van der Waals surface area contributed by atoms with Crippen molar-refractivity contribution >= 4 is 58.0 Å². The maximum atomic E-state index is 13.3. The Bertz CT molecular complexity index is 1510. The van der Waals surface area contributed by atoms with E-state index in [2.05, 4.69) is 17.2 Å². The summed E-state index contributed by atoms with van der Waals surface area (Å²) >= 11 is 18.7. The van der Waals surface area contributed by atoms with Crippen molar-refractivity contribution in [3.63, 3.8) is 0 Å². The molecule has 0 bridgehead atoms. The highest BCUT2D eigenvalue weighted by molar-refractivity contribution is 6.35. The van der Waals surface area contributed by atoms with Crippen LogP contribution in [0.15, 0.2) is 88.9 Å². The minimum absolute atomic E-state index is 0.0224. The van der Waals surface area contributed by atoms with E-state index in [9.17, 15) is 9.18 Å². The first-order valence-electron chi connectivity index (χ1n) is 12.6. The summed E-state index contributed by atoms with van der Waals surface area (Å²) in [6.07, 6.45) is 2.91. The van der Waals surface area contributed by atoms with Crippen molar-refractivity contribution < 1.29 is 13.9 Å². The number of allylic oxidation sites excluding steroid dienone is 1. The molecule has 0 saturated carbocycles. The van der Waals surface area contributed by atoms with Crippen LogP contribution in [0.2, 0.25) is 15.1 Å². The van der Waals surface area contributed by atoms with Crippen LogP contribution in [0.4, 0.5) is 4.39 Å². The number of carbonyl (C=O) groups excluding carboxylic acids is 1. The van der Waals surface area contributed by atoms with Crippen molar-refractivity contribution in [2.45, 2.75) is 32.3 Å². The summed E-state index contributed by atoms with van der Waals surface area (Å²) < 4.78 is 19.1. The molecule has 0 radical (unpaired) electrons. The molecule has 1 atom stereocenters. The molecule has 0 saturated heterocycles. The lowest BCUT2D eigenvalue weighted by Gasteiger charge is -2.21. The molecule has 5 nitrogen and oxygen atoms in total. The fourth-order valence-corrected chi connectivity index (χ4v) is 5.09. The number of hydrogen-bond acceptors (Lipinski definition) is 3. The number of dihydropyridines is 1. The van der Waals surface area contributed by atoms with E-state index in [0.717, 1.165) is 16.7 Å². The number of nitrogens with one attached hydrogen (secondary N) is 2. The first kappa shape index (κ1) is 29.5. The van der Waals surface area contributed by atoms with Gasteiger partial charge in [0.1, 0.15) is 18.0 Å². The highest BCUT2D eigenvalue weighted by atomic mass is 35.5. The van der Waals surface area contributed by atoms with Crippen LogP contribution in [0.5, 0.6) is 0 Å². The number of amides is 1. The van der Waals surface area contributed by atoms with Gasteiger partial charge in [-0.2, -0.15) is 4.99 Å². The number of amidine groups is 1. The Morgan fingerprint density at radius 1 is 1.02 bits per heavy atom. The molecule has 4 rings (SSSR count). The van der Waals surface area contributed by atoms with Gasteiger partial charge in [-0.1, -0.05) is 72.1 Å². The number of carbonyl (C=O) groups is 1. The Labute approximate surface area is 247 Å². The first-order chi connectivity index (χ1) is 19.2. The highest BCUT2D eigenvalue weighted by Gasteiger charge is 2.26. The van der Waals surface area contributed by atoms with E-state index in [1.807, 2.05) is 24.3 Å². The zero-order valence-corrected chi connectivity index (χ0v) is 24.2. The maximum absolute atomic E-state index is 13.3. The predicted octanol–water partition coefficient (Wildman–Crippen LogP) is 8.40. The van der Waals surface area contributed by atoms with Crippen LogP contribution < -0.4 is 5.32 Å².